The van der Waals surface area contributed by atoms with E-state index in [2.05, 4.69) is 54.4 Å². The summed E-state index contributed by atoms with van der Waals surface area (Å²) >= 11 is 0. The van der Waals surface area contributed by atoms with Crippen LogP contribution in [0.4, 0.5) is 5.82 Å². The fourth-order valence-corrected chi connectivity index (χ4v) is 3.28. The van der Waals surface area contributed by atoms with Crippen molar-refractivity contribution < 1.29 is 14.9 Å². The van der Waals surface area contributed by atoms with E-state index in [0.29, 0.717) is 17.4 Å². The van der Waals surface area contributed by atoms with Crippen molar-refractivity contribution in [1.29, 1.82) is 0 Å². The first-order chi connectivity index (χ1) is 13.7. The van der Waals surface area contributed by atoms with E-state index in [9.17, 15) is 15.0 Å². The lowest BCUT2D eigenvalue weighted by Crippen LogP contribution is -2.30. The maximum Gasteiger partial charge on any atom is 0.351 e. The van der Waals surface area contributed by atoms with Crippen LogP contribution in [0.15, 0.2) is 16.0 Å². The third-order valence-electron chi connectivity index (χ3n) is 4.43. The average molecular weight is 405 g/mol. The van der Waals surface area contributed by atoms with Gasteiger partial charge in [-0.3, -0.25) is 4.57 Å². The lowest BCUT2D eigenvalue weighted by atomic mass is 10.1. The Morgan fingerprint density at radius 1 is 1.38 bits per heavy atom. The summed E-state index contributed by atoms with van der Waals surface area (Å²) in [6.45, 7) is 11.7. The molecule has 1 fully saturated rings. The van der Waals surface area contributed by atoms with E-state index >= 15 is 0 Å². The Morgan fingerprint density at radius 3 is 2.55 bits per heavy atom. The Kier molecular flexibility index (Phi) is 8.38. The van der Waals surface area contributed by atoms with Crippen molar-refractivity contribution in [3.05, 3.63) is 22.2 Å². The molecule has 1 aromatic heterocycles. The summed E-state index contributed by atoms with van der Waals surface area (Å²) in [5, 5.41) is 19.2. The zero-order valence-corrected chi connectivity index (χ0v) is 17.9. The van der Waals surface area contributed by atoms with Crippen LogP contribution in [-0.2, 0) is 4.74 Å². The number of rotatable bonds is 8. The summed E-state index contributed by atoms with van der Waals surface area (Å²) in [4.78, 5) is 23.2. The third kappa shape index (κ3) is 6.39. The van der Waals surface area contributed by atoms with E-state index in [4.69, 9.17) is 4.74 Å². The fourth-order valence-electron chi connectivity index (χ4n) is 3.28. The van der Waals surface area contributed by atoms with Crippen LogP contribution in [0, 0.1) is 23.7 Å². The summed E-state index contributed by atoms with van der Waals surface area (Å²) in [5.74, 6) is 6.96. The zero-order valence-electron chi connectivity index (χ0n) is 17.9. The van der Waals surface area contributed by atoms with E-state index in [0.717, 1.165) is 13.1 Å². The molecule has 0 amide bonds. The van der Waals surface area contributed by atoms with Gasteiger partial charge in [0.2, 0.25) is 0 Å². The van der Waals surface area contributed by atoms with Crippen molar-refractivity contribution >= 4 is 12.2 Å². The monoisotopic (exact) mass is 404 g/mol. The minimum absolute atomic E-state index is 0.199. The Balaban J connectivity index is 2.34. The second-order valence-electron chi connectivity index (χ2n) is 8.14. The van der Waals surface area contributed by atoms with E-state index in [1.807, 2.05) is 0 Å². The summed E-state index contributed by atoms with van der Waals surface area (Å²) in [5.41, 5.74) is -0.0307. The number of nitrogens with zero attached hydrogens (tertiary/aromatic N) is 4. The van der Waals surface area contributed by atoms with Gasteiger partial charge in [0.25, 0.3) is 0 Å². The van der Waals surface area contributed by atoms with Crippen LogP contribution in [0.25, 0.3) is 0 Å². The van der Waals surface area contributed by atoms with Crippen molar-refractivity contribution in [2.45, 2.75) is 59.5 Å². The smallest absolute Gasteiger partial charge is 0.351 e. The Hall–Kier alpha value is -2.21. The minimum Gasteiger partial charge on any atom is -0.394 e. The van der Waals surface area contributed by atoms with Crippen molar-refractivity contribution in [3.8, 4) is 11.8 Å². The topological polar surface area (TPSA) is 100 Å². The lowest BCUT2D eigenvalue weighted by Gasteiger charge is -2.23. The standard InChI is InChI=1S/C21H32N4O4/c1-6-7-16-11-25(19-8-17(27)18(12-26)29-19)21(28)23-20(16)22-13-24(9-14(2)3)10-15(4)5/h11,13-15,17-19,26-27H,8-10,12H2,1-5H3/t17?,18-,19-/m1/s1. The lowest BCUT2D eigenvalue weighted by molar-refractivity contribution is -0.0458. The van der Waals surface area contributed by atoms with Crippen molar-refractivity contribution in [3.63, 3.8) is 0 Å². The quantitative estimate of drug-likeness (QED) is 0.387. The van der Waals surface area contributed by atoms with E-state index < -0.39 is 24.1 Å². The predicted molar refractivity (Wildman–Crippen MR) is 112 cm³/mol. The van der Waals surface area contributed by atoms with E-state index in [1.54, 1.807) is 19.5 Å². The van der Waals surface area contributed by atoms with Gasteiger partial charge in [0, 0.05) is 25.7 Å². The number of aromatic nitrogens is 2. The normalized spacial score (nSPS) is 21.8. The summed E-state index contributed by atoms with van der Waals surface area (Å²) in [6, 6.07) is 0. The molecule has 2 rings (SSSR count). The average Bonchev–Trinajstić information content (AvgIpc) is 3.01. The molecule has 2 N–H and O–H groups in total. The fraction of sp³-hybridized carbons (Fsp3) is 0.667. The SMILES string of the molecule is CC#Cc1cn([C@H]2CC(O)[C@@H](CO)O2)c(=O)nc1N=CN(CC(C)C)CC(C)C. The highest BCUT2D eigenvalue weighted by Crippen LogP contribution is 2.28. The maximum absolute atomic E-state index is 12.6. The predicted octanol–water partition coefficient (Wildman–Crippen LogP) is 1.53. The first kappa shape index (κ1) is 23.1. The van der Waals surface area contributed by atoms with Crippen LogP contribution in [-0.4, -0.2) is 62.9 Å². The number of hydrogen-bond acceptors (Lipinski definition) is 6. The van der Waals surface area contributed by atoms with Crippen LogP contribution in [0.5, 0.6) is 0 Å². The van der Waals surface area contributed by atoms with Gasteiger partial charge in [0.15, 0.2) is 5.82 Å². The minimum atomic E-state index is -0.837. The molecule has 8 heteroatoms. The van der Waals surface area contributed by atoms with Gasteiger partial charge in [0.05, 0.1) is 24.6 Å². The highest BCUT2D eigenvalue weighted by Gasteiger charge is 2.35. The maximum atomic E-state index is 12.6. The molecule has 2 heterocycles. The molecule has 1 aliphatic heterocycles. The van der Waals surface area contributed by atoms with Gasteiger partial charge in [0.1, 0.15) is 12.3 Å². The van der Waals surface area contributed by atoms with Crippen molar-refractivity contribution in [2.75, 3.05) is 19.7 Å². The highest BCUT2D eigenvalue weighted by molar-refractivity contribution is 5.63. The first-order valence-corrected chi connectivity index (χ1v) is 10.0. The molecule has 1 aliphatic rings. The first-order valence-electron chi connectivity index (χ1n) is 10.0. The second kappa shape index (κ2) is 10.5. The van der Waals surface area contributed by atoms with Crippen LogP contribution in [0.3, 0.4) is 0 Å². The Bertz CT molecular complexity index is 812. The molecule has 29 heavy (non-hydrogen) atoms. The number of aliphatic imine (C=N–C) groups is 1. The molecule has 3 atom stereocenters. The molecule has 0 radical (unpaired) electrons. The van der Waals surface area contributed by atoms with Gasteiger partial charge in [-0.25, -0.2) is 9.79 Å². The molecule has 160 valence electrons. The highest BCUT2D eigenvalue weighted by atomic mass is 16.5. The number of aliphatic hydroxyl groups is 2. The molecule has 8 nitrogen and oxygen atoms in total. The van der Waals surface area contributed by atoms with Gasteiger partial charge in [-0.05, 0) is 18.8 Å². The largest absolute Gasteiger partial charge is 0.394 e. The van der Waals surface area contributed by atoms with Gasteiger partial charge in [-0.2, -0.15) is 4.98 Å². The summed E-state index contributed by atoms with van der Waals surface area (Å²) < 4.78 is 6.88. The number of aliphatic hydroxyl groups excluding tert-OH is 2. The Morgan fingerprint density at radius 2 is 2.03 bits per heavy atom. The van der Waals surface area contributed by atoms with Crippen LogP contribution >= 0.6 is 0 Å². The third-order valence-corrected chi connectivity index (χ3v) is 4.43. The summed E-state index contributed by atoms with van der Waals surface area (Å²) in [7, 11) is 0. The molecule has 0 spiro atoms. The van der Waals surface area contributed by atoms with Gasteiger partial charge < -0.3 is 19.8 Å². The molecule has 0 aromatic carbocycles. The van der Waals surface area contributed by atoms with Crippen LogP contribution in [0.1, 0.15) is 52.8 Å². The molecule has 1 unspecified atom stereocenters. The van der Waals surface area contributed by atoms with Gasteiger partial charge in [-0.1, -0.05) is 33.6 Å². The van der Waals surface area contributed by atoms with Crippen molar-refractivity contribution in [1.82, 2.24) is 14.5 Å². The van der Waals surface area contributed by atoms with E-state index in [1.165, 1.54) is 4.57 Å². The van der Waals surface area contributed by atoms with Gasteiger partial charge in [-0.15, -0.1) is 5.92 Å². The van der Waals surface area contributed by atoms with Crippen LogP contribution in [0.2, 0.25) is 0 Å². The number of hydrogen-bond donors (Lipinski definition) is 2. The molecule has 1 saturated heterocycles. The van der Waals surface area contributed by atoms with Crippen LogP contribution < -0.4 is 5.69 Å². The molecular formula is C21H32N4O4. The summed E-state index contributed by atoms with van der Waals surface area (Å²) in [6.07, 6.45) is 1.23. The zero-order chi connectivity index (χ0) is 21.6. The van der Waals surface area contributed by atoms with Gasteiger partial charge >= 0.3 is 5.69 Å². The second-order valence-corrected chi connectivity index (χ2v) is 8.14. The molecule has 1 aromatic rings. The number of ether oxygens (including phenoxy) is 1. The Labute approximate surface area is 172 Å². The van der Waals surface area contributed by atoms with Crippen molar-refractivity contribution in [2.24, 2.45) is 16.8 Å². The molecule has 0 saturated carbocycles. The molecule has 0 aliphatic carbocycles. The molecule has 0 bridgehead atoms. The van der Waals surface area contributed by atoms with E-state index in [-0.39, 0.29) is 18.8 Å². The molecular weight excluding hydrogens is 372 g/mol.